The van der Waals surface area contributed by atoms with Crippen LogP contribution in [0.25, 0.3) is 0 Å². The van der Waals surface area contributed by atoms with Gasteiger partial charge in [0.1, 0.15) is 5.75 Å². The number of benzene rings is 1. The van der Waals surface area contributed by atoms with Gasteiger partial charge in [-0.2, -0.15) is 0 Å². The first-order valence-electron chi connectivity index (χ1n) is 6.74. The van der Waals surface area contributed by atoms with Crippen LogP contribution in [0.2, 0.25) is 0 Å². The summed E-state index contributed by atoms with van der Waals surface area (Å²) in [6, 6.07) is 6.56. The van der Waals surface area contributed by atoms with E-state index in [4.69, 9.17) is 9.47 Å². The summed E-state index contributed by atoms with van der Waals surface area (Å²) >= 11 is 3.52. The first-order valence-corrected chi connectivity index (χ1v) is 7.54. The van der Waals surface area contributed by atoms with Gasteiger partial charge in [-0.1, -0.05) is 6.07 Å². The smallest absolute Gasteiger partial charge is 0.133 e. The van der Waals surface area contributed by atoms with Gasteiger partial charge in [0.15, 0.2) is 0 Å². The SMILES string of the molecule is COCCCCCNC(C)c1ccc(OC)c(Br)c1. The van der Waals surface area contributed by atoms with Crippen LogP contribution in [0.15, 0.2) is 22.7 Å². The Kier molecular flexibility index (Phi) is 8.10. The summed E-state index contributed by atoms with van der Waals surface area (Å²) in [5.74, 6) is 0.871. The molecule has 0 aliphatic rings. The van der Waals surface area contributed by atoms with Crippen LogP contribution in [0.5, 0.6) is 5.75 Å². The van der Waals surface area contributed by atoms with Gasteiger partial charge in [-0.05, 0) is 66.4 Å². The normalized spacial score (nSPS) is 12.4. The lowest BCUT2D eigenvalue weighted by Crippen LogP contribution is -2.19. The van der Waals surface area contributed by atoms with Crippen molar-refractivity contribution in [2.24, 2.45) is 0 Å². The number of ether oxygens (including phenoxy) is 2. The molecular formula is C15H24BrNO2. The summed E-state index contributed by atoms with van der Waals surface area (Å²) in [5, 5.41) is 3.54. The van der Waals surface area contributed by atoms with Crippen LogP contribution in [-0.4, -0.2) is 27.4 Å². The maximum Gasteiger partial charge on any atom is 0.133 e. The lowest BCUT2D eigenvalue weighted by Gasteiger charge is -2.15. The first kappa shape index (κ1) is 16.5. The summed E-state index contributed by atoms with van der Waals surface area (Å²) in [6.07, 6.45) is 3.53. The fourth-order valence-electron chi connectivity index (χ4n) is 1.94. The second kappa shape index (κ2) is 9.34. The van der Waals surface area contributed by atoms with Gasteiger partial charge in [0.25, 0.3) is 0 Å². The third-order valence-corrected chi connectivity index (χ3v) is 3.77. The standard InChI is InChI=1S/C15H24BrNO2/c1-12(17-9-5-4-6-10-18-2)13-7-8-15(19-3)14(16)11-13/h7-8,11-12,17H,4-6,9-10H2,1-3H3. The number of hydrogen-bond donors (Lipinski definition) is 1. The molecule has 0 saturated heterocycles. The number of nitrogens with one attached hydrogen (secondary N) is 1. The fraction of sp³-hybridized carbons (Fsp3) is 0.600. The molecule has 1 aromatic carbocycles. The highest BCUT2D eigenvalue weighted by atomic mass is 79.9. The molecule has 1 unspecified atom stereocenters. The molecule has 0 aliphatic carbocycles. The third kappa shape index (κ3) is 5.93. The molecule has 0 amide bonds. The van der Waals surface area contributed by atoms with E-state index in [0.717, 1.165) is 29.8 Å². The van der Waals surface area contributed by atoms with Crippen molar-refractivity contribution in [1.82, 2.24) is 5.32 Å². The molecule has 3 nitrogen and oxygen atoms in total. The molecule has 1 N–H and O–H groups in total. The van der Waals surface area contributed by atoms with E-state index in [0.29, 0.717) is 6.04 Å². The van der Waals surface area contributed by atoms with Gasteiger partial charge in [-0.25, -0.2) is 0 Å². The Balaban J connectivity index is 2.33. The van der Waals surface area contributed by atoms with Crippen LogP contribution in [0.3, 0.4) is 0 Å². The van der Waals surface area contributed by atoms with Gasteiger partial charge in [-0.15, -0.1) is 0 Å². The van der Waals surface area contributed by atoms with E-state index in [9.17, 15) is 0 Å². The molecule has 1 atom stereocenters. The maximum absolute atomic E-state index is 5.24. The van der Waals surface area contributed by atoms with Crippen molar-refractivity contribution in [3.8, 4) is 5.75 Å². The van der Waals surface area contributed by atoms with E-state index in [1.54, 1.807) is 14.2 Å². The van der Waals surface area contributed by atoms with Crippen LogP contribution in [0.1, 0.15) is 37.8 Å². The molecule has 0 fully saturated rings. The van der Waals surface area contributed by atoms with Crippen molar-refractivity contribution in [3.63, 3.8) is 0 Å². The highest BCUT2D eigenvalue weighted by molar-refractivity contribution is 9.10. The molecule has 0 spiro atoms. The van der Waals surface area contributed by atoms with E-state index >= 15 is 0 Å². The van der Waals surface area contributed by atoms with Crippen LogP contribution < -0.4 is 10.1 Å². The molecule has 108 valence electrons. The number of halogens is 1. The van der Waals surface area contributed by atoms with Crippen LogP contribution in [-0.2, 0) is 4.74 Å². The minimum Gasteiger partial charge on any atom is -0.496 e. The number of hydrogen-bond acceptors (Lipinski definition) is 3. The molecule has 4 heteroatoms. The molecule has 0 bridgehead atoms. The Hall–Kier alpha value is -0.580. The molecular weight excluding hydrogens is 306 g/mol. The maximum atomic E-state index is 5.24. The van der Waals surface area contributed by atoms with Gasteiger partial charge >= 0.3 is 0 Å². The minimum atomic E-state index is 0.352. The largest absolute Gasteiger partial charge is 0.496 e. The predicted octanol–water partition coefficient (Wildman–Crippen LogP) is 3.93. The van der Waals surface area contributed by atoms with E-state index in [1.807, 2.05) is 6.07 Å². The first-order chi connectivity index (χ1) is 9.19. The van der Waals surface area contributed by atoms with Gasteiger partial charge in [0.05, 0.1) is 11.6 Å². The summed E-state index contributed by atoms with van der Waals surface area (Å²) < 4.78 is 11.3. The van der Waals surface area contributed by atoms with Crippen molar-refractivity contribution >= 4 is 15.9 Å². The summed E-state index contributed by atoms with van der Waals surface area (Å²) in [5.41, 5.74) is 1.27. The zero-order valence-corrected chi connectivity index (χ0v) is 13.6. The average molecular weight is 330 g/mol. The molecule has 0 saturated carbocycles. The third-order valence-electron chi connectivity index (χ3n) is 3.15. The topological polar surface area (TPSA) is 30.5 Å². The quantitative estimate of drug-likeness (QED) is 0.696. The van der Waals surface area contributed by atoms with E-state index in [-0.39, 0.29) is 0 Å². The molecule has 0 aromatic heterocycles. The van der Waals surface area contributed by atoms with Crippen molar-refractivity contribution < 1.29 is 9.47 Å². The Bertz CT molecular complexity index is 371. The van der Waals surface area contributed by atoms with Crippen molar-refractivity contribution in [3.05, 3.63) is 28.2 Å². The summed E-state index contributed by atoms with van der Waals surface area (Å²) in [4.78, 5) is 0. The predicted molar refractivity (Wildman–Crippen MR) is 82.8 cm³/mol. The Labute approximate surface area is 124 Å². The highest BCUT2D eigenvalue weighted by Crippen LogP contribution is 2.27. The zero-order valence-electron chi connectivity index (χ0n) is 12.0. The molecule has 1 aromatic rings. The lowest BCUT2D eigenvalue weighted by molar-refractivity contribution is 0.192. The van der Waals surface area contributed by atoms with Crippen molar-refractivity contribution in [2.75, 3.05) is 27.4 Å². The molecule has 1 rings (SSSR count). The monoisotopic (exact) mass is 329 g/mol. The Morgan fingerprint density at radius 3 is 2.63 bits per heavy atom. The van der Waals surface area contributed by atoms with Gasteiger partial charge in [0.2, 0.25) is 0 Å². The van der Waals surface area contributed by atoms with Crippen molar-refractivity contribution in [2.45, 2.75) is 32.2 Å². The summed E-state index contributed by atoms with van der Waals surface area (Å²) in [6.45, 7) is 4.08. The molecule has 0 radical (unpaired) electrons. The van der Waals surface area contributed by atoms with E-state index in [2.05, 4.69) is 40.3 Å². The second-order valence-corrected chi connectivity index (χ2v) is 5.48. The molecule has 0 aliphatic heterocycles. The zero-order chi connectivity index (χ0) is 14.1. The van der Waals surface area contributed by atoms with E-state index in [1.165, 1.54) is 18.4 Å². The van der Waals surface area contributed by atoms with Gasteiger partial charge < -0.3 is 14.8 Å². The number of methoxy groups -OCH3 is 2. The second-order valence-electron chi connectivity index (χ2n) is 4.62. The van der Waals surface area contributed by atoms with Crippen molar-refractivity contribution in [1.29, 1.82) is 0 Å². The Morgan fingerprint density at radius 1 is 1.21 bits per heavy atom. The summed E-state index contributed by atoms with van der Waals surface area (Å²) in [7, 11) is 3.43. The molecule has 0 heterocycles. The van der Waals surface area contributed by atoms with E-state index < -0.39 is 0 Å². The Morgan fingerprint density at radius 2 is 2.00 bits per heavy atom. The fourth-order valence-corrected chi connectivity index (χ4v) is 2.49. The average Bonchev–Trinajstić information content (AvgIpc) is 2.42. The molecule has 19 heavy (non-hydrogen) atoms. The number of unbranched alkanes of at least 4 members (excludes halogenated alkanes) is 2. The minimum absolute atomic E-state index is 0.352. The van der Waals surface area contributed by atoms with Crippen LogP contribution in [0.4, 0.5) is 0 Å². The highest BCUT2D eigenvalue weighted by Gasteiger charge is 2.07. The lowest BCUT2D eigenvalue weighted by atomic mass is 10.1. The van der Waals surface area contributed by atoms with Gasteiger partial charge in [-0.3, -0.25) is 0 Å². The number of rotatable bonds is 9. The van der Waals surface area contributed by atoms with Crippen LogP contribution >= 0.6 is 15.9 Å². The van der Waals surface area contributed by atoms with Gasteiger partial charge in [0, 0.05) is 19.8 Å². The van der Waals surface area contributed by atoms with Crippen LogP contribution in [0, 0.1) is 0 Å².